The molecule has 8 nitrogen and oxygen atoms in total. The summed E-state index contributed by atoms with van der Waals surface area (Å²) in [6.45, 7) is 4.72. The zero-order chi connectivity index (χ0) is 21.8. The van der Waals surface area contributed by atoms with Crippen LogP contribution in [0.4, 0.5) is 4.79 Å². The van der Waals surface area contributed by atoms with Crippen molar-refractivity contribution in [3.05, 3.63) is 28.8 Å². The first-order valence-electron chi connectivity index (χ1n) is 9.28. The van der Waals surface area contributed by atoms with E-state index in [2.05, 4.69) is 9.71 Å². The van der Waals surface area contributed by atoms with Gasteiger partial charge in [-0.25, -0.2) is 17.9 Å². The van der Waals surface area contributed by atoms with Crippen molar-refractivity contribution < 1.29 is 18.3 Å². The van der Waals surface area contributed by atoms with Gasteiger partial charge < -0.3 is 14.9 Å². The molecule has 0 spiro atoms. The molecule has 1 aliphatic heterocycles. The first-order chi connectivity index (χ1) is 13.6. The molecule has 1 saturated heterocycles. The maximum Gasteiger partial charge on any atom is 0.331 e. The Kier molecular flexibility index (Phi) is 7.83. The Morgan fingerprint density at radius 2 is 2.00 bits per heavy atom. The Balaban J connectivity index is 2.37. The zero-order valence-corrected chi connectivity index (χ0v) is 19.4. The lowest BCUT2D eigenvalue weighted by atomic mass is 10.0. The third-order valence-electron chi connectivity index (χ3n) is 4.61. The molecule has 0 saturated carbocycles. The van der Waals surface area contributed by atoms with Crippen LogP contribution in [0.3, 0.4) is 0 Å². The lowest BCUT2D eigenvalue weighted by Gasteiger charge is -2.31. The highest BCUT2D eigenvalue weighted by Crippen LogP contribution is 2.39. The smallest absolute Gasteiger partial charge is 0.331 e. The molecule has 1 aromatic rings. The number of rotatable bonds is 7. The van der Waals surface area contributed by atoms with E-state index in [1.54, 1.807) is 25.1 Å². The molecule has 0 aromatic heterocycles. The quantitative estimate of drug-likeness (QED) is 0.645. The number of aliphatic imine (C=N–C) groups is 1. The number of amides is 2. The molecular formula is C18H27ClN4O4S2. The number of amidine groups is 1. The molecule has 29 heavy (non-hydrogen) atoms. The van der Waals surface area contributed by atoms with Crippen molar-refractivity contribution in [1.82, 2.24) is 14.5 Å². The molecule has 2 rings (SSSR count). The van der Waals surface area contributed by atoms with Crippen LogP contribution in [-0.2, 0) is 15.7 Å². The normalized spacial score (nSPS) is 20.9. The second kappa shape index (κ2) is 9.55. The van der Waals surface area contributed by atoms with E-state index < -0.39 is 21.8 Å². The summed E-state index contributed by atoms with van der Waals surface area (Å²) >= 11 is 7.50. The summed E-state index contributed by atoms with van der Waals surface area (Å²) < 4.78 is 27.9. The van der Waals surface area contributed by atoms with Gasteiger partial charge in [-0.3, -0.25) is 4.99 Å². The Bertz CT molecular complexity index is 888. The summed E-state index contributed by atoms with van der Waals surface area (Å²) in [7, 11) is -0.925. The SMILES string of the molecule is CCCN(CCC)C(=O)NS(=O)(=O)c1cc(C2(O)CSC(=NC)N2C)ccc1Cl. The van der Waals surface area contributed by atoms with Gasteiger partial charge in [-0.05, 0) is 25.0 Å². The fraction of sp³-hybridized carbons (Fsp3) is 0.556. The number of nitrogens with one attached hydrogen (secondary N) is 1. The van der Waals surface area contributed by atoms with Gasteiger partial charge in [0, 0.05) is 32.7 Å². The second-order valence-corrected chi connectivity index (χ2v) is 9.71. The molecular weight excluding hydrogens is 436 g/mol. The number of urea groups is 1. The van der Waals surface area contributed by atoms with Gasteiger partial charge in [-0.1, -0.05) is 43.3 Å². The van der Waals surface area contributed by atoms with E-state index in [9.17, 15) is 18.3 Å². The molecule has 0 bridgehead atoms. The molecule has 11 heteroatoms. The summed E-state index contributed by atoms with van der Waals surface area (Å²) in [5.41, 5.74) is -1.09. The van der Waals surface area contributed by atoms with Gasteiger partial charge in [0.15, 0.2) is 10.9 Å². The van der Waals surface area contributed by atoms with Crippen molar-refractivity contribution in [2.45, 2.75) is 37.3 Å². The summed E-state index contributed by atoms with van der Waals surface area (Å²) in [6.07, 6.45) is 1.42. The number of nitrogens with zero attached hydrogens (tertiary/aromatic N) is 3. The lowest BCUT2D eigenvalue weighted by Crippen LogP contribution is -2.44. The molecule has 1 unspecified atom stereocenters. The molecule has 1 aromatic carbocycles. The number of carbonyl (C=O) groups is 1. The van der Waals surface area contributed by atoms with Gasteiger partial charge in [-0.15, -0.1) is 0 Å². The van der Waals surface area contributed by atoms with Crippen LogP contribution in [0.25, 0.3) is 0 Å². The van der Waals surface area contributed by atoms with Crippen LogP contribution in [0.15, 0.2) is 28.1 Å². The maximum atomic E-state index is 12.9. The highest BCUT2D eigenvalue weighted by Gasteiger charge is 2.43. The number of halogens is 1. The Labute approximate surface area is 181 Å². The average Bonchev–Trinajstić information content (AvgIpc) is 2.96. The molecule has 0 aliphatic carbocycles. The molecule has 1 heterocycles. The van der Waals surface area contributed by atoms with Crippen molar-refractivity contribution in [2.75, 3.05) is 32.9 Å². The third kappa shape index (κ3) is 4.99. The van der Waals surface area contributed by atoms with Gasteiger partial charge in [0.25, 0.3) is 10.0 Å². The van der Waals surface area contributed by atoms with Crippen molar-refractivity contribution in [1.29, 1.82) is 0 Å². The lowest BCUT2D eigenvalue weighted by molar-refractivity contribution is -0.0349. The summed E-state index contributed by atoms with van der Waals surface area (Å²) in [4.78, 5) is 19.4. The van der Waals surface area contributed by atoms with E-state index in [1.165, 1.54) is 28.8 Å². The minimum absolute atomic E-state index is 0.0344. The number of hydrogen-bond acceptors (Lipinski definition) is 6. The van der Waals surface area contributed by atoms with Crippen LogP contribution in [0.5, 0.6) is 0 Å². The predicted octanol–water partition coefficient (Wildman–Crippen LogP) is 2.67. The van der Waals surface area contributed by atoms with Crippen LogP contribution in [0.2, 0.25) is 5.02 Å². The number of thioether (sulfide) groups is 1. The van der Waals surface area contributed by atoms with E-state index in [0.29, 0.717) is 36.7 Å². The minimum atomic E-state index is -4.23. The van der Waals surface area contributed by atoms with Gasteiger partial charge in [-0.2, -0.15) is 0 Å². The number of benzene rings is 1. The van der Waals surface area contributed by atoms with Gasteiger partial charge in [0.2, 0.25) is 0 Å². The first kappa shape index (κ1) is 23.8. The van der Waals surface area contributed by atoms with E-state index in [0.717, 1.165) is 0 Å². The summed E-state index contributed by atoms with van der Waals surface area (Å²) in [5.74, 6) is 0.282. The Morgan fingerprint density at radius 3 is 2.52 bits per heavy atom. The number of hydrogen-bond donors (Lipinski definition) is 2. The van der Waals surface area contributed by atoms with E-state index >= 15 is 0 Å². The van der Waals surface area contributed by atoms with Crippen molar-refractivity contribution in [2.24, 2.45) is 4.99 Å². The predicted molar refractivity (Wildman–Crippen MR) is 117 cm³/mol. The average molecular weight is 463 g/mol. The minimum Gasteiger partial charge on any atom is -0.366 e. The van der Waals surface area contributed by atoms with Crippen LogP contribution in [0.1, 0.15) is 32.3 Å². The highest BCUT2D eigenvalue weighted by atomic mass is 35.5. The molecule has 1 aliphatic rings. The molecule has 2 N–H and O–H groups in total. The molecule has 2 amide bonds. The standard InChI is InChI=1S/C18H27ClN4O4S2/c1-5-9-23(10-6-2)16(24)21-29(26,27)15-11-13(7-8-14(15)19)18(25)12-28-17(20-3)22(18)4/h7-8,11,25H,5-6,9-10,12H2,1-4H3,(H,21,24). The van der Waals surface area contributed by atoms with E-state index in [-0.39, 0.29) is 15.7 Å². The monoisotopic (exact) mass is 462 g/mol. The number of aliphatic hydroxyl groups is 1. The number of sulfonamides is 1. The Morgan fingerprint density at radius 1 is 1.38 bits per heavy atom. The fourth-order valence-electron chi connectivity index (χ4n) is 3.06. The van der Waals surface area contributed by atoms with E-state index in [4.69, 9.17) is 11.6 Å². The largest absolute Gasteiger partial charge is 0.366 e. The van der Waals surface area contributed by atoms with Gasteiger partial charge >= 0.3 is 6.03 Å². The van der Waals surface area contributed by atoms with Gasteiger partial charge in [0.1, 0.15) is 4.90 Å². The topological polar surface area (TPSA) is 102 Å². The van der Waals surface area contributed by atoms with Crippen molar-refractivity contribution in [3.63, 3.8) is 0 Å². The van der Waals surface area contributed by atoms with Gasteiger partial charge in [0.05, 0.1) is 10.8 Å². The molecule has 1 atom stereocenters. The molecule has 1 fully saturated rings. The zero-order valence-electron chi connectivity index (χ0n) is 17.0. The van der Waals surface area contributed by atoms with Crippen molar-refractivity contribution in [3.8, 4) is 0 Å². The summed E-state index contributed by atoms with van der Waals surface area (Å²) in [5, 5.41) is 11.7. The van der Waals surface area contributed by atoms with Crippen LogP contribution >= 0.6 is 23.4 Å². The van der Waals surface area contributed by atoms with Crippen LogP contribution < -0.4 is 4.72 Å². The van der Waals surface area contributed by atoms with Crippen molar-refractivity contribution >= 4 is 44.6 Å². The fourth-order valence-corrected chi connectivity index (χ4v) is 5.72. The van der Waals surface area contributed by atoms with E-state index in [1.807, 2.05) is 13.8 Å². The second-order valence-electron chi connectivity index (χ2n) is 6.71. The molecule has 162 valence electrons. The maximum absolute atomic E-state index is 12.9. The molecule has 0 radical (unpaired) electrons. The third-order valence-corrected chi connectivity index (χ3v) is 7.68. The summed E-state index contributed by atoms with van der Waals surface area (Å²) in [6, 6.07) is 3.59. The highest BCUT2D eigenvalue weighted by molar-refractivity contribution is 8.14. The number of carbonyl (C=O) groups excluding carboxylic acids is 1. The Hall–Kier alpha value is -1.49. The first-order valence-corrected chi connectivity index (χ1v) is 12.1. The van der Waals surface area contributed by atoms with Crippen LogP contribution in [-0.4, -0.2) is 67.5 Å². The van der Waals surface area contributed by atoms with Crippen LogP contribution in [0, 0.1) is 0 Å².